The van der Waals surface area contributed by atoms with Crippen LogP contribution in [0.3, 0.4) is 0 Å². The Kier molecular flexibility index (Phi) is 4.59. The smallest absolute Gasteiger partial charge is 0.213 e. The number of thiazole rings is 1. The normalized spacial score (nSPS) is 17.2. The lowest BCUT2D eigenvalue weighted by atomic mass is 10.2. The van der Waals surface area contributed by atoms with Crippen LogP contribution in [-0.4, -0.2) is 44.7 Å². The minimum atomic E-state index is 0.486. The van der Waals surface area contributed by atoms with Crippen molar-refractivity contribution in [2.75, 3.05) is 19.6 Å². The van der Waals surface area contributed by atoms with Crippen molar-refractivity contribution in [3.63, 3.8) is 0 Å². The first-order valence-corrected chi connectivity index (χ1v) is 8.36. The predicted molar refractivity (Wildman–Crippen MR) is 83.5 cm³/mol. The van der Waals surface area contributed by atoms with Crippen LogP contribution in [0, 0.1) is 4.77 Å². The molecule has 2 N–H and O–H groups in total. The highest BCUT2D eigenvalue weighted by Crippen LogP contribution is 2.23. The quantitative estimate of drug-likeness (QED) is 0.852. The molecule has 0 amide bonds. The van der Waals surface area contributed by atoms with Gasteiger partial charge in [-0.1, -0.05) is 12.8 Å². The van der Waals surface area contributed by atoms with Gasteiger partial charge in [0.25, 0.3) is 0 Å². The average molecular weight is 309 g/mol. The second-order valence-electron chi connectivity index (χ2n) is 5.14. The van der Waals surface area contributed by atoms with Gasteiger partial charge in [-0.05, 0) is 38.1 Å². The third-order valence-corrected chi connectivity index (χ3v) is 4.89. The fraction of sp³-hybridized carbons (Fsp3) is 0.615. The maximum atomic E-state index is 4.97. The van der Waals surface area contributed by atoms with E-state index >= 15 is 0 Å². The third-order valence-electron chi connectivity index (χ3n) is 3.63. The molecule has 2 aromatic heterocycles. The maximum Gasteiger partial charge on any atom is 0.213 e. The van der Waals surface area contributed by atoms with Gasteiger partial charge in [0, 0.05) is 19.2 Å². The van der Waals surface area contributed by atoms with E-state index in [-0.39, 0.29) is 0 Å². The molecule has 5 nitrogen and oxygen atoms in total. The summed E-state index contributed by atoms with van der Waals surface area (Å²) in [5, 5.41) is 6.96. The number of aromatic amines is 2. The van der Waals surface area contributed by atoms with Crippen LogP contribution in [0.1, 0.15) is 30.7 Å². The van der Waals surface area contributed by atoms with Gasteiger partial charge in [0.2, 0.25) is 4.77 Å². The van der Waals surface area contributed by atoms with E-state index in [2.05, 4.69) is 25.1 Å². The van der Waals surface area contributed by atoms with Gasteiger partial charge in [0.15, 0.2) is 5.82 Å². The summed E-state index contributed by atoms with van der Waals surface area (Å²) >= 11 is 6.66. The highest BCUT2D eigenvalue weighted by Gasteiger charge is 2.11. The summed E-state index contributed by atoms with van der Waals surface area (Å²) in [5.41, 5.74) is 0. The molecule has 0 bridgehead atoms. The molecule has 1 fully saturated rings. The predicted octanol–water partition coefficient (Wildman–Crippen LogP) is 3.01. The van der Waals surface area contributed by atoms with Gasteiger partial charge < -0.3 is 4.90 Å². The number of hydrogen-bond acceptors (Lipinski definition) is 5. The molecule has 1 aliphatic heterocycles. The molecule has 0 aliphatic carbocycles. The van der Waals surface area contributed by atoms with Crippen LogP contribution in [0.4, 0.5) is 0 Å². The van der Waals surface area contributed by atoms with Crippen LogP contribution in [0.25, 0.3) is 10.7 Å². The number of rotatable bonds is 4. The molecule has 20 heavy (non-hydrogen) atoms. The first kappa shape index (κ1) is 13.9. The van der Waals surface area contributed by atoms with Gasteiger partial charge in [0.05, 0.1) is 9.88 Å². The molecular formula is C13H19N5S2. The van der Waals surface area contributed by atoms with E-state index in [1.165, 1.54) is 43.8 Å². The summed E-state index contributed by atoms with van der Waals surface area (Å²) in [6, 6.07) is 0. The summed E-state index contributed by atoms with van der Waals surface area (Å²) in [6.45, 7) is 3.60. The topological polar surface area (TPSA) is 60.6 Å². The van der Waals surface area contributed by atoms with Gasteiger partial charge in [0.1, 0.15) is 0 Å². The molecule has 0 atom stereocenters. The first-order chi connectivity index (χ1) is 9.81. The number of likely N-dealkylation sites (tertiary alicyclic amines) is 1. The van der Waals surface area contributed by atoms with Crippen molar-refractivity contribution in [3.05, 3.63) is 16.0 Å². The van der Waals surface area contributed by atoms with Crippen LogP contribution >= 0.6 is 23.6 Å². The lowest BCUT2D eigenvalue weighted by Crippen LogP contribution is -2.26. The SMILES string of the molecule is S=c1nc(-c2cnc(CCN3CCCCCC3)s2)[nH][nH]1. The summed E-state index contributed by atoms with van der Waals surface area (Å²) < 4.78 is 0.486. The van der Waals surface area contributed by atoms with Gasteiger partial charge in [-0.2, -0.15) is 4.98 Å². The Labute approximate surface area is 127 Å². The molecule has 0 saturated carbocycles. The molecule has 1 saturated heterocycles. The van der Waals surface area contributed by atoms with Crippen molar-refractivity contribution in [2.45, 2.75) is 32.1 Å². The van der Waals surface area contributed by atoms with Crippen LogP contribution in [0.2, 0.25) is 0 Å². The zero-order valence-electron chi connectivity index (χ0n) is 11.4. The minimum Gasteiger partial charge on any atom is -0.303 e. The average Bonchev–Trinajstić information content (AvgIpc) is 3.00. The third kappa shape index (κ3) is 3.53. The van der Waals surface area contributed by atoms with E-state index < -0.39 is 0 Å². The van der Waals surface area contributed by atoms with E-state index in [9.17, 15) is 0 Å². The zero-order chi connectivity index (χ0) is 13.8. The fourth-order valence-corrected chi connectivity index (χ4v) is 3.53. The first-order valence-electron chi connectivity index (χ1n) is 7.13. The molecule has 0 spiro atoms. The van der Waals surface area contributed by atoms with Crippen molar-refractivity contribution < 1.29 is 0 Å². The van der Waals surface area contributed by atoms with Crippen LogP contribution in [0.5, 0.6) is 0 Å². The van der Waals surface area contributed by atoms with Crippen molar-refractivity contribution in [1.29, 1.82) is 0 Å². The molecule has 0 radical (unpaired) electrons. The number of H-pyrrole nitrogens is 2. The molecular weight excluding hydrogens is 290 g/mol. The van der Waals surface area contributed by atoms with E-state index in [1.54, 1.807) is 11.3 Å². The lowest BCUT2D eigenvalue weighted by molar-refractivity contribution is 0.288. The molecule has 7 heteroatoms. The minimum absolute atomic E-state index is 0.486. The zero-order valence-corrected chi connectivity index (χ0v) is 13.0. The van der Waals surface area contributed by atoms with Crippen LogP contribution < -0.4 is 0 Å². The van der Waals surface area contributed by atoms with E-state index in [0.717, 1.165) is 23.7 Å². The Morgan fingerprint density at radius 1 is 1.20 bits per heavy atom. The monoisotopic (exact) mass is 309 g/mol. The fourth-order valence-electron chi connectivity index (χ4n) is 2.54. The van der Waals surface area contributed by atoms with Gasteiger partial charge in [-0.3, -0.25) is 10.2 Å². The highest BCUT2D eigenvalue weighted by molar-refractivity contribution is 7.71. The lowest BCUT2D eigenvalue weighted by Gasteiger charge is -2.18. The number of nitrogens with zero attached hydrogens (tertiary/aromatic N) is 3. The summed E-state index contributed by atoms with van der Waals surface area (Å²) in [6.07, 6.45) is 8.35. The molecule has 2 aromatic rings. The maximum absolute atomic E-state index is 4.97. The molecule has 3 rings (SSSR count). The Hall–Kier alpha value is -1.05. The molecule has 0 unspecified atom stereocenters. The van der Waals surface area contributed by atoms with E-state index in [1.807, 2.05) is 6.20 Å². The van der Waals surface area contributed by atoms with E-state index in [0.29, 0.717) is 4.77 Å². The highest BCUT2D eigenvalue weighted by atomic mass is 32.1. The summed E-state index contributed by atoms with van der Waals surface area (Å²) in [5.74, 6) is 0.786. The van der Waals surface area contributed by atoms with E-state index in [4.69, 9.17) is 12.2 Å². The standard InChI is InChI=1S/C13H19N5S2/c19-13-15-12(16-17-13)10-9-14-11(20-10)5-8-18-6-3-1-2-4-7-18/h9H,1-8H2,(H2,15,16,17,19). The Balaban J connectivity index is 1.58. The van der Waals surface area contributed by atoms with Crippen molar-refractivity contribution >= 4 is 23.6 Å². The van der Waals surface area contributed by atoms with Crippen LogP contribution in [-0.2, 0) is 6.42 Å². The second-order valence-corrected chi connectivity index (χ2v) is 6.64. The molecule has 1 aliphatic rings. The van der Waals surface area contributed by atoms with Crippen molar-refractivity contribution in [2.24, 2.45) is 0 Å². The van der Waals surface area contributed by atoms with Crippen LogP contribution in [0.15, 0.2) is 6.20 Å². The Morgan fingerprint density at radius 3 is 2.70 bits per heavy atom. The number of hydrogen-bond donors (Lipinski definition) is 2. The summed E-state index contributed by atoms with van der Waals surface area (Å²) in [7, 11) is 0. The van der Waals surface area contributed by atoms with Gasteiger partial charge >= 0.3 is 0 Å². The van der Waals surface area contributed by atoms with Gasteiger partial charge in [-0.15, -0.1) is 11.3 Å². The Morgan fingerprint density at radius 2 is 2.00 bits per heavy atom. The Bertz CT molecular complexity index is 592. The van der Waals surface area contributed by atoms with Crippen molar-refractivity contribution in [3.8, 4) is 10.7 Å². The van der Waals surface area contributed by atoms with Crippen molar-refractivity contribution in [1.82, 2.24) is 25.1 Å². The molecule has 3 heterocycles. The largest absolute Gasteiger partial charge is 0.303 e. The summed E-state index contributed by atoms with van der Waals surface area (Å²) in [4.78, 5) is 12.3. The second kappa shape index (κ2) is 6.60. The number of aromatic nitrogens is 4. The van der Waals surface area contributed by atoms with Gasteiger partial charge in [-0.25, -0.2) is 4.98 Å². The molecule has 108 valence electrons. The molecule has 0 aromatic carbocycles. The number of nitrogens with one attached hydrogen (secondary N) is 2.